The van der Waals surface area contributed by atoms with Crippen LogP contribution < -0.4 is 10.2 Å². The molecule has 0 radical (unpaired) electrons. The molecule has 2 aromatic carbocycles. The van der Waals surface area contributed by atoms with Gasteiger partial charge in [-0.05, 0) is 36.4 Å². The smallest absolute Gasteiger partial charge is 0.229 e. The summed E-state index contributed by atoms with van der Waals surface area (Å²) in [4.78, 5) is 26.1. The van der Waals surface area contributed by atoms with Gasteiger partial charge in [-0.1, -0.05) is 34.8 Å². The summed E-state index contributed by atoms with van der Waals surface area (Å²) in [6, 6.07) is 8.44. The van der Waals surface area contributed by atoms with Crippen molar-refractivity contribution in [3.8, 4) is 0 Å². The van der Waals surface area contributed by atoms with Gasteiger partial charge < -0.3 is 10.2 Å². The Labute approximate surface area is 158 Å². The number of hydrogen-bond donors (Lipinski definition) is 1. The SMILES string of the molecule is O=C(Nc1cc(Cl)c(Cl)cc1Cl)C1CC(=O)N(c2ccc(F)cc2)C1. The van der Waals surface area contributed by atoms with Crippen LogP contribution in [0.5, 0.6) is 0 Å². The fourth-order valence-electron chi connectivity index (χ4n) is 2.61. The van der Waals surface area contributed by atoms with Crippen molar-refractivity contribution in [2.75, 3.05) is 16.8 Å². The maximum atomic E-state index is 13.0. The molecule has 1 unspecified atom stereocenters. The monoisotopic (exact) mass is 400 g/mol. The third kappa shape index (κ3) is 3.89. The Morgan fingerprint density at radius 3 is 2.40 bits per heavy atom. The number of anilines is 2. The zero-order valence-corrected chi connectivity index (χ0v) is 15.0. The zero-order chi connectivity index (χ0) is 18.1. The van der Waals surface area contributed by atoms with Crippen LogP contribution in [0.15, 0.2) is 36.4 Å². The first kappa shape index (κ1) is 18.0. The van der Waals surface area contributed by atoms with Crippen LogP contribution in [0.4, 0.5) is 15.8 Å². The van der Waals surface area contributed by atoms with Crippen molar-refractivity contribution in [1.82, 2.24) is 0 Å². The van der Waals surface area contributed by atoms with E-state index in [0.29, 0.717) is 11.4 Å². The van der Waals surface area contributed by atoms with Crippen molar-refractivity contribution in [1.29, 1.82) is 0 Å². The van der Waals surface area contributed by atoms with Gasteiger partial charge in [-0.15, -0.1) is 0 Å². The Bertz CT molecular complexity index is 843. The number of halogens is 4. The first-order valence-corrected chi connectivity index (χ1v) is 8.50. The number of hydrogen-bond acceptors (Lipinski definition) is 2. The van der Waals surface area contributed by atoms with Gasteiger partial charge in [0.15, 0.2) is 0 Å². The number of nitrogens with zero attached hydrogens (tertiary/aromatic N) is 1. The lowest BCUT2D eigenvalue weighted by Crippen LogP contribution is -2.28. The molecular weight excluding hydrogens is 390 g/mol. The van der Waals surface area contributed by atoms with Crippen LogP contribution >= 0.6 is 34.8 Å². The molecule has 2 aromatic rings. The lowest BCUT2D eigenvalue weighted by molar-refractivity contribution is -0.122. The second kappa shape index (κ2) is 7.20. The highest BCUT2D eigenvalue weighted by atomic mass is 35.5. The number of carbonyl (C=O) groups excluding carboxylic acids is 2. The van der Waals surface area contributed by atoms with E-state index in [0.717, 1.165) is 0 Å². The molecule has 1 fully saturated rings. The minimum Gasteiger partial charge on any atom is -0.324 e. The van der Waals surface area contributed by atoms with Crippen LogP contribution in [-0.4, -0.2) is 18.4 Å². The quantitative estimate of drug-likeness (QED) is 0.753. The van der Waals surface area contributed by atoms with E-state index in [2.05, 4.69) is 5.32 Å². The Morgan fingerprint density at radius 1 is 1.08 bits per heavy atom. The van der Waals surface area contributed by atoms with Gasteiger partial charge in [-0.3, -0.25) is 9.59 Å². The van der Waals surface area contributed by atoms with E-state index in [1.807, 2.05) is 0 Å². The van der Waals surface area contributed by atoms with Crippen molar-refractivity contribution < 1.29 is 14.0 Å². The molecule has 0 bridgehead atoms. The second-order valence-electron chi connectivity index (χ2n) is 5.62. The van der Waals surface area contributed by atoms with Crippen LogP contribution in [0.3, 0.4) is 0 Å². The predicted octanol–water partition coefficient (Wildman–Crippen LogP) is 4.78. The number of carbonyl (C=O) groups is 2. The van der Waals surface area contributed by atoms with Crippen molar-refractivity contribution in [2.24, 2.45) is 5.92 Å². The summed E-state index contributed by atoms with van der Waals surface area (Å²) in [6.45, 7) is 0.204. The molecule has 1 N–H and O–H groups in total. The molecule has 0 saturated carbocycles. The molecule has 1 saturated heterocycles. The highest BCUT2D eigenvalue weighted by Crippen LogP contribution is 2.33. The lowest BCUT2D eigenvalue weighted by Gasteiger charge is -2.17. The van der Waals surface area contributed by atoms with Crippen LogP contribution in [-0.2, 0) is 9.59 Å². The highest BCUT2D eigenvalue weighted by Gasteiger charge is 2.35. The van der Waals surface area contributed by atoms with Gasteiger partial charge in [0.1, 0.15) is 5.82 Å². The van der Waals surface area contributed by atoms with Crippen LogP contribution in [0, 0.1) is 11.7 Å². The standard InChI is InChI=1S/C17H12Cl3FN2O2/c18-12-6-14(20)15(7-13(12)19)22-17(25)9-5-16(24)23(8-9)11-3-1-10(21)2-4-11/h1-4,6-7,9H,5,8H2,(H,22,25). The topological polar surface area (TPSA) is 49.4 Å². The van der Waals surface area contributed by atoms with Gasteiger partial charge in [0.25, 0.3) is 0 Å². The summed E-state index contributed by atoms with van der Waals surface area (Å²) in [5.74, 6) is -1.49. The van der Waals surface area contributed by atoms with Crippen LogP contribution in [0.25, 0.3) is 0 Å². The zero-order valence-electron chi connectivity index (χ0n) is 12.7. The minimum absolute atomic E-state index is 0.0577. The number of benzene rings is 2. The first-order valence-electron chi connectivity index (χ1n) is 7.36. The minimum atomic E-state index is -0.553. The van der Waals surface area contributed by atoms with Crippen molar-refractivity contribution in [3.05, 3.63) is 57.3 Å². The van der Waals surface area contributed by atoms with E-state index in [1.165, 1.54) is 41.3 Å². The van der Waals surface area contributed by atoms with Gasteiger partial charge in [0.2, 0.25) is 11.8 Å². The predicted molar refractivity (Wildman–Crippen MR) is 97.0 cm³/mol. The number of nitrogens with one attached hydrogen (secondary N) is 1. The molecule has 130 valence electrons. The normalized spacial score (nSPS) is 17.0. The second-order valence-corrected chi connectivity index (χ2v) is 6.84. The summed E-state index contributed by atoms with van der Waals surface area (Å²) in [7, 11) is 0. The van der Waals surface area contributed by atoms with E-state index in [1.54, 1.807) is 0 Å². The first-order chi connectivity index (χ1) is 11.8. The molecule has 3 rings (SSSR count). The van der Waals surface area contributed by atoms with E-state index >= 15 is 0 Å². The average Bonchev–Trinajstić information content (AvgIpc) is 2.95. The Balaban J connectivity index is 1.73. The molecule has 1 atom stereocenters. The average molecular weight is 402 g/mol. The maximum absolute atomic E-state index is 13.0. The molecule has 1 heterocycles. The Hall–Kier alpha value is -1.82. The fourth-order valence-corrected chi connectivity index (χ4v) is 3.20. The number of rotatable bonds is 3. The Morgan fingerprint density at radius 2 is 1.72 bits per heavy atom. The van der Waals surface area contributed by atoms with Gasteiger partial charge >= 0.3 is 0 Å². The molecule has 1 aliphatic rings. The van der Waals surface area contributed by atoms with Crippen molar-refractivity contribution in [3.63, 3.8) is 0 Å². The van der Waals surface area contributed by atoms with Crippen LogP contribution in [0.1, 0.15) is 6.42 Å². The molecule has 0 aliphatic carbocycles. The molecule has 0 spiro atoms. The largest absolute Gasteiger partial charge is 0.324 e. The lowest BCUT2D eigenvalue weighted by atomic mass is 10.1. The fraction of sp³-hybridized carbons (Fsp3) is 0.176. The summed E-state index contributed by atoms with van der Waals surface area (Å²) < 4.78 is 13.0. The van der Waals surface area contributed by atoms with Gasteiger partial charge in [-0.2, -0.15) is 0 Å². The molecule has 4 nitrogen and oxygen atoms in total. The molecule has 2 amide bonds. The van der Waals surface area contributed by atoms with Gasteiger partial charge in [0, 0.05) is 18.7 Å². The van der Waals surface area contributed by atoms with Gasteiger partial charge in [-0.25, -0.2) is 4.39 Å². The Kier molecular flexibility index (Phi) is 5.18. The molecule has 1 aliphatic heterocycles. The maximum Gasteiger partial charge on any atom is 0.229 e. The summed E-state index contributed by atoms with van der Waals surface area (Å²) >= 11 is 17.8. The summed E-state index contributed by atoms with van der Waals surface area (Å²) in [6.07, 6.45) is 0.0577. The van der Waals surface area contributed by atoms with Crippen LogP contribution in [0.2, 0.25) is 15.1 Å². The molecule has 25 heavy (non-hydrogen) atoms. The van der Waals surface area contributed by atoms with E-state index < -0.39 is 5.92 Å². The van der Waals surface area contributed by atoms with Crippen molar-refractivity contribution >= 4 is 58.0 Å². The molecular formula is C17H12Cl3FN2O2. The summed E-state index contributed by atoms with van der Waals surface area (Å²) in [5, 5.41) is 3.46. The van der Waals surface area contributed by atoms with Gasteiger partial charge in [0.05, 0.1) is 26.7 Å². The summed E-state index contributed by atoms with van der Waals surface area (Å²) in [5.41, 5.74) is 0.878. The molecule has 0 aromatic heterocycles. The van der Waals surface area contributed by atoms with E-state index in [-0.39, 0.29) is 45.7 Å². The molecule has 8 heteroatoms. The third-order valence-electron chi connectivity index (χ3n) is 3.90. The number of amides is 2. The van der Waals surface area contributed by atoms with E-state index in [4.69, 9.17) is 34.8 Å². The third-order valence-corrected chi connectivity index (χ3v) is 4.94. The highest BCUT2D eigenvalue weighted by molar-refractivity contribution is 6.44. The van der Waals surface area contributed by atoms with Crippen molar-refractivity contribution in [2.45, 2.75) is 6.42 Å². The van der Waals surface area contributed by atoms with E-state index in [9.17, 15) is 14.0 Å².